The fraction of sp³-hybridized carbons (Fsp3) is 1.00. The molecule has 0 heterocycles. The molecule has 2 saturated carbocycles. The third-order valence-corrected chi connectivity index (χ3v) is 7.59. The summed E-state index contributed by atoms with van der Waals surface area (Å²) in [6.45, 7) is 1.23. The molecule has 4 unspecified atom stereocenters. The Balaban J connectivity index is 1.81. The van der Waals surface area contributed by atoms with Crippen LogP contribution in [0.25, 0.3) is 0 Å². The zero-order valence-corrected chi connectivity index (χ0v) is 14.3. The van der Waals surface area contributed by atoms with Crippen LogP contribution in [0, 0.1) is 11.8 Å². The average molecular weight is 337 g/mol. The first-order valence-corrected chi connectivity index (χ1v) is 10.4. The lowest BCUT2D eigenvalue weighted by Gasteiger charge is -2.41. The van der Waals surface area contributed by atoms with Gasteiger partial charge in [-0.05, 0) is 56.9 Å². The predicted octanol–water partition coefficient (Wildman–Crippen LogP) is 2.61. The molecule has 0 aromatic heterocycles. The molecule has 2 rings (SSSR count). The van der Waals surface area contributed by atoms with Crippen LogP contribution < -0.4 is 10.5 Å². The van der Waals surface area contributed by atoms with E-state index in [9.17, 15) is 8.42 Å². The van der Waals surface area contributed by atoms with Crippen molar-refractivity contribution in [3.8, 4) is 0 Å². The Morgan fingerprint density at radius 3 is 2.67 bits per heavy atom. The Hall–Kier alpha value is 0.160. The fourth-order valence-electron chi connectivity index (χ4n) is 3.90. The van der Waals surface area contributed by atoms with Crippen molar-refractivity contribution in [1.29, 1.82) is 0 Å². The smallest absolute Gasteiger partial charge is 0.214 e. The van der Waals surface area contributed by atoms with Crippen molar-refractivity contribution in [2.24, 2.45) is 17.6 Å². The molecule has 0 amide bonds. The Labute approximate surface area is 134 Å². The highest BCUT2D eigenvalue weighted by Crippen LogP contribution is 2.44. The van der Waals surface area contributed by atoms with Crippen LogP contribution in [0.1, 0.15) is 57.8 Å². The van der Waals surface area contributed by atoms with E-state index < -0.39 is 10.0 Å². The van der Waals surface area contributed by atoms with Crippen molar-refractivity contribution in [2.75, 3.05) is 13.1 Å². The quantitative estimate of drug-likeness (QED) is 0.554. The van der Waals surface area contributed by atoms with E-state index in [1.807, 2.05) is 0 Å². The summed E-state index contributed by atoms with van der Waals surface area (Å²) in [5.41, 5.74) is 5.44. The Morgan fingerprint density at radius 2 is 1.90 bits per heavy atom. The molecule has 0 saturated heterocycles. The monoisotopic (exact) mass is 336 g/mol. The van der Waals surface area contributed by atoms with Gasteiger partial charge in [0.15, 0.2) is 0 Å². The fourth-order valence-corrected chi connectivity index (χ4v) is 6.00. The lowest BCUT2D eigenvalue weighted by molar-refractivity contribution is 0.177. The van der Waals surface area contributed by atoms with Gasteiger partial charge in [-0.15, -0.1) is 11.6 Å². The molecule has 4 nitrogen and oxygen atoms in total. The topological polar surface area (TPSA) is 72.2 Å². The van der Waals surface area contributed by atoms with Gasteiger partial charge in [-0.25, -0.2) is 13.1 Å². The number of hydrogen-bond donors (Lipinski definition) is 2. The maximum absolute atomic E-state index is 12.4. The summed E-state index contributed by atoms with van der Waals surface area (Å²) < 4.78 is 27.6. The molecule has 0 radical (unpaired) electrons. The van der Waals surface area contributed by atoms with Crippen LogP contribution in [0.3, 0.4) is 0 Å². The Morgan fingerprint density at radius 1 is 1.10 bits per heavy atom. The summed E-state index contributed by atoms with van der Waals surface area (Å²) in [6, 6.07) is 0. The van der Waals surface area contributed by atoms with E-state index in [4.69, 9.17) is 17.3 Å². The highest BCUT2D eigenvalue weighted by Gasteiger charge is 2.40. The van der Waals surface area contributed by atoms with Crippen LogP contribution in [-0.4, -0.2) is 32.1 Å². The molecule has 0 spiro atoms. The van der Waals surface area contributed by atoms with Gasteiger partial charge in [-0.1, -0.05) is 19.3 Å². The summed E-state index contributed by atoms with van der Waals surface area (Å²) in [5.74, 6) is 1.05. The van der Waals surface area contributed by atoms with Gasteiger partial charge in [0.25, 0.3) is 0 Å². The van der Waals surface area contributed by atoms with Crippen LogP contribution >= 0.6 is 11.6 Å². The summed E-state index contributed by atoms with van der Waals surface area (Å²) >= 11 is 6.41. The molecule has 0 aliphatic heterocycles. The minimum Gasteiger partial charge on any atom is -0.330 e. The molecule has 0 aromatic rings. The number of halogens is 1. The average Bonchev–Trinajstić information content (AvgIpc) is 2.47. The van der Waals surface area contributed by atoms with Crippen LogP contribution in [0.15, 0.2) is 0 Å². The van der Waals surface area contributed by atoms with E-state index in [1.165, 1.54) is 0 Å². The SMILES string of the molecule is NCCCCCNS(=O)(=O)C1CCC2C(Cl)CCCC2C1. The maximum atomic E-state index is 12.4. The van der Waals surface area contributed by atoms with Crippen LogP contribution in [0.4, 0.5) is 0 Å². The third kappa shape index (κ3) is 4.81. The van der Waals surface area contributed by atoms with E-state index in [0.717, 1.165) is 57.8 Å². The van der Waals surface area contributed by atoms with E-state index in [1.54, 1.807) is 0 Å². The first-order chi connectivity index (χ1) is 10.0. The summed E-state index contributed by atoms with van der Waals surface area (Å²) in [7, 11) is -3.16. The normalized spacial score (nSPS) is 33.6. The second kappa shape index (κ2) is 8.14. The zero-order valence-electron chi connectivity index (χ0n) is 12.8. The second-order valence-corrected chi connectivity index (χ2v) is 9.20. The third-order valence-electron chi connectivity index (χ3n) is 5.14. The number of unbranched alkanes of at least 4 members (excludes halogenated alkanes) is 2. The molecular weight excluding hydrogens is 308 g/mol. The van der Waals surface area contributed by atoms with E-state index in [2.05, 4.69) is 4.72 Å². The molecule has 2 aliphatic rings. The predicted molar refractivity (Wildman–Crippen MR) is 87.9 cm³/mol. The largest absolute Gasteiger partial charge is 0.330 e. The van der Waals surface area contributed by atoms with E-state index in [-0.39, 0.29) is 10.6 Å². The molecule has 0 aromatic carbocycles. The number of hydrogen-bond acceptors (Lipinski definition) is 3. The molecule has 124 valence electrons. The second-order valence-electron chi connectivity index (χ2n) is 6.59. The van der Waals surface area contributed by atoms with Crippen molar-refractivity contribution < 1.29 is 8.42 Å². The van der Waals surface area contributed by atoms with Gasteiger partial charge < -0.3 is 5.73 Å². The van der Waals surface area contributed by atoms with Gasteiger partial charge in [0.2, 0.25) is 10.0 Å². The van der Waals surface area contributed by atoms with Gasteiger partial charge in [0.05, 0.1) is 5.25 Å². The Kier molecular flexibility index (Phi) is 6.79. The number of sulfonamides is 1. The molecule has 6 heteroatoms. The van der Waals surface area contributed by atoms with Gasteiger partial charge in [0, 0.05) is 11.9 Å². The van der Waals surface area contributed by atoms with Crippen LogP contribution in [0.5, 0.6) is 0 Å². The van der Waals surface area contributed by atoms with Crippen LogP contribution in [-0.2, 0) is 10.0 Å². The van der Waals surface area contributed by atoms with Crippen LogP contribution in [0.2, 0.25) is 0 Å². The number of rotatable bonds is 7. The molecule has 21 heavy (non-hydrogen) atoms. The Bertz CT molecular complexity index is 416. The minimum absolute atomic E-state index is 0.213. The maximum Gasteiger partial charge on any atom is 0.214 e. The summed E-state index contributed by atoms with van der Waals surface area (Å²) in [4.78, 5) is 0. The molecule has 2 aliphatic carbocycles. The van der Waals surface area contributed by atoms with Crippen molar-refractivity contribution in [2.45, 2.75) is 68.4 Å². The molecule has 4 atom stereocenters. The van der Waals surface area contributed by atoms with E-state index >= 15 is 0 Å². The van der Waals surface area contributed by atoms with Gasteiger partial charge in [-0.3, -0.25) is 0 Å². The number of alkyl halides is 1. The first-order valence-electron chi connectivity index (χ1n) is 8.37. The first kappa shape index (κ1) is 17.5. The molecular formula is C15H29ClN2O2S. The number of nitrogens with two attached hydrogens (primary N) is 1. The highest BCUT2D eigenvalue weighted by atomic mass is 35.5. The minimum atomic E-state index is -3.16. The lowest BCUT2D eigenvalue weighted by Crippen LogP contribution is -2.43. The summed E-state index contributed by atoms with van der Waals surface area (Å²) in [5, 5.41) is 0.0480. The molecule has 3 N–H and O–H groups in total. The lowest BCUT2D eigenvalue weighted by atomic mass is 9.70. The van der Waals surface area contributed by atoms with E-state index in [0.29, 0.717) is 24.9 Å². The van der Waals surface area contributed by atoms with Gasteiger partial charge >= 0.3 is 0 Å². The standard InChI is InChI=1S/C15H29ClN2O2S/c16-15-6-4-5-12-11-13(7-8-14(12)15)21(19,20)18-10-3-1-2-9-17/h12-15,18H,1-11,17H2. The molecule has 2 fully saturated rings. The van der Waals surface area contributed by atoms with Crippen molar-refractivity contribution in [3.05, 3.63) is 0 Å². The summed E-state index contributed by atoms with van der Waals surface area (Å²) in [6.07, 6.45) is 8.75. The van der Waals surface area contributed by atoms with Crippen molar-refractivity contribution in [1.82, 2.24) is 4.72 Å². The number of fused-ring (bicyclic) bond motifs is 1. The van der Waals surface area contributed by atoms with Crippen molar-refractivity contribution >= 4 is 21.6 Å². The highest BCUT2D eigenvalue weighted by molar-refractivity contribution is 7.90. The van der Waals surface area contributed by atoms with Gasteiger partial charge in [0.1, 0.15) is 0 Å². The number of nitrogens with one attached hydrogen (secondary N) is 1. The van der Waals surface area contributed by atoms with Crippen molar-refractivity contribution in [3.63, 3.8) is 0 Å². The van der Waals surface area contributed by atoms with Gasteiger partial charge in [-0.2, -0.15) is 0 Å². The zero-order chi connectivity index (χ0) is 15.3. The molecule has 0 bridgehead atoms.